The molecule has 1 N–H and O–H groups in total. The van der Waals surface area contributed by atoms with Gasteiger partial charge in [-0.2, -0.15) is 0 Å². The monoisotopic (exact) mass is 426 g/mol. The molecule has 1 aliphatic carbocycles. The molecule has 8 heteroatoms. The molecule has 0 amide bonds. The second-order valence-electron chi connectivity index (χ2n) is 6.67. The smallest absolute Gasteiger partial charge is 0.254 e. The van der Waals surface area contributed by atoms with Gasteiger partial charge in [-0.15, -0.1) is 22.7 Å². The number of sulfonamides is 1. The fourth-order valence-electron chi connectivity index (χ4n) is 3.51. The highest BCUT2D eigenvalue weighted by atomic mass is 35.5. The minimum Gasteiger partial charge on any atom is -0.254 e. The van der Waals surface area contributed by atoms with E-state index in [2.05, 4.69) is 9.71 Å². The van der Waals surface area contributed by atoms with E-state index < -0.39 is 10.0 Å². The number of thiophene rings is 1. The van der Waals surface area contributed by atoms with E-state index in [1.165, 1.54) is 41.9 Å². The summed E-state index contributed by atoms with van der Waals surface area (Å²) in [4.78, 5) is 4.55. The summed E-state index contributed by atoms with van der Waals surface area (Å²) in [6.45, 7) is 1.82. The lowest BCUT2D eigenvalue weighted by atomic mass is 9.87. The van der Waals surface area contributed by atoms with Gasteiger partial charge in [0.05, 0.1) is 5.69 Å². The molecule has 0 aliphatic heterocycles. The van der Waals surface area contributed by atoms with Crippen molar-refractivity contribution >= 4 is 59.5 Å². The van der Waals surface area contributed by atoms with Crippen LogP contribution >= 0.6 is 34.3 Å². The molecule has 138 valence electrons. The van der Waals surface area contributed by atoms with E-state index in [9.17, 15) is 8.42 Å². The van der Waals surface area contributed by atoms with Crippen LogP contribution in [0, 0.1) is 6.92 Å². The maximum Gasteiger partial charge on any atom is 0.273 e. The van der Waals surface area contributed by atoms with E-state index in [1.807, 2.05) is 24.4 Å². The summed E-state index contributed by atoms with van der Waals surface area (Å²) in [6, 6.07) is 5.45. The average Bonchev–Trinajstić information content (AvgIpc) is 3.21. The Morgan fingerprint density at radius 2 is 2.00 bits per heavy atom. The molecule has 1 saturated carbocycles. The van der Waals surface area contributed by atoms with Gasteiger partial charge in [-0.25, -0.2) is 13.4 Å². The van der Waals surface area contributed by atoms with Gasteiger partial charge in [-0.1, -0.05) is 30.9 Å². The van der Waals surface area contributed by atoms with Crippen molar-refractivity contribution in [2.75, 3.05) is 4.72 Å². The molecule has 0 bridgehead atoms. The van der Waals surface area contributed by atoms with Crippen molar-refractivity contribution in [1.29, 1.82) is 0 Å². The van der Waals surface area contributed by atoms with Gasteiger partial charge in [0.2, 0.25) is 0 Å². The summed E-state index contributed by atoms with van der Waals surface area (Å²) in [6.07, 6.45) is 6.03. The minimum absolute atomic E-state index is 0.323. The second-order valence-corrected chi connectivity index (χ2v) is 10.9. The first-order valence-electron chi connectivity index (χ1n) is 8.61. The van der Waals surface area contributed by atoms with Crippen molar-refractivity contribution in [2.24, 2.45) is 0 Å². The number of aromatic nitrogens is 1. The Bertz CT molecular complexity index is 1050. The number of halogens is 1. The zero-order valence-electron chi connectivity index (χ0n) is 14.3. The molecular weight excluding hydrogens is 408 g/mol. The Hall–Kier alpha value is -1.15. The average molecular weight is 427 g/mol. The maximum absolute atomic E-state index is 12.9. The molecule has 0 saturated heterocycles. The summed E-state index contributed by atoms with van der Waals surface area (Å²) < 4.78 is 29.7. The number of nitrogens with one attached hydrogen (secondary N) is 1. The zero-order chi connectivity index (χ0) is 18.3. The first-order valence-corrected chi connectivity index (χ1v) is 12.2. The first-order chi connectivity index (χ1) is 12.4. The molecule has 1 aromatic carbocycles. The molecule has 2 heterocycles. The Kier molecular flexibility index (Phi) is 4.98. The molecule has 0 spiro atoms. The van der Waals surface area contributed by atoms with Crippen LogP contribution in [-0.4, -0.2) is 13.4 Å². The molecule has 1 fully saturated rings. The Balaban J connectivity index is 1.61. The lowest BCUT2D eigenvalue weighted by molar-refractivity contribution is 0.438. The summed E-state index contributed by atoms with van der Waals surface area (Å²) in [7, 11) is -3.66. The van der Waals surface area contributed by atoms with Gasteiger partial charge >= 0.3 is 0 Å². The number of nitrogens with zero attached hydrogens (tertiary/aromatic N) is 1. The van der Waals surface area contributed by atoms with Gasteiger partial charge < -0.3 is 0 Å². The predicted octanol–water partition coefficient (Wildman–Crippen LogP) is 6.17. The van der Waals surface area contributed by atoms with Crippen LogP contribution < -0.4 is 4.72 Å². The van der Waals surface area contributed by atoms with Gasteiger partial charge in [0.1, 0.15) is 4.21 Å². The topological polar surface area (TPSA) is 59.1 Å². The van der Waals surface area contributed by atoms with Gasteiger partial charge in [0.25, 0.3) is 10.0 Å². The van der Waals surface area contributed by atoms with Gasteiger partial charge in [0.15, 0.2) is 5.13 Å². The van der Waals surface area contributed by atoms with E-state index in [0.29, 0.717) is 20.3 Å². The zero-order valence-corrected chi connectivity index (χ0v) is 17.5. The van der Waals surface area contributed by atoms with Crippen LogP contribution in [0.4, 0.5) is 5.13 Å². The normalized spacial score (nSPS) is 16.2. The fourth-order valence-corrected chi connectivity index (χ4v) is 7.47. The van der Waals surface area contributed by atoms with Gasteiger partial charge in [-0.3, -0.25) is 4.72 Å². The number of benzene rings is 1. The van der Waals surface area contributed by atoms with Crippen LogP contribution in [0.5, 0.6) is 0 Å². The number of hydrogen-bond acceptors (Lipinski definition) is 5. The third kappa shape index (κ3) is 3.50. The number of fused-ring (bicyclic) bond motifs is 1. The van der Waals surface area contributed by atoms with Crippen LogP contribution in [0.2, 0.25) is 5.02 Å². The molecule has 2 aromatic heterocycles. The first kappa shape index (κ1) is 18.2. The van der Waals surface area contributed by atoms with Crippen LogP contribution in [-0.2, 0) is 10.0 Å². The van der Waals surface area contributed by atoms with E-state index in [0.717, 1.165) is 34.2 Å². The van der Waals surface area contributed by atoms with Crippen molar-refractivity contribution in [2.45, 2.75) is 49.2 Å². The fraction of sp³-hybridized carbons (Fsp3) is 0.389. The number of aryl methyl sites for hydroxylation is 1. The highest BCUT2D eigenvalue weighted by molar-refractivity contribution is 7.95. The third-order valence-electron chi connectivity index (χ3n) is 4.87. The molecule has 0 unspecified atom stereocenters. The third-order valence-corrected chi connectivity index (χ3v) is 9.24. The van der Waals surface area contributed by atoms with Gasteiger partial charge in [-0.05, 0) is 48.9 Å². The van der Waals surface area contributed by atoms with Crippen LogP contribution in [0.3, 0.4) is 0 Å². The minimum atomic E-state index is -3.66. The lowest BCUT2D eigenvalue weighted by Gasteiger charge is -2.19. The second kappa shape index (κ2) is 7.11. The van der Waals surface area contributed by atoms with Crippen molar-refractivity contribution in [3.8, 4) is 0 Å². The SMILES string of the molecule is Cc1c(S(=O)(=O)Nc2nc(C3CCCCC3)cs2)sc2ccc(Cl)cc12. The Labute approximate surface area is 166 Å². The highest BCUT2D eigenvalue weighted by Gasteiger charge is 2.24. The molecule has 0 radical (unpaired) electrons. The molecule has 1 aliphatic rings. The Morgan fingerprint density at radius 3 is 2.77 bits per heavy atom. The van der Waals surface area contributed by atoms with Crippen LogP contribution in [0.15, 0.2) is 27.8 Å². The van der Waals surface area contributed by atoms with Crippen molar-refractivity contribution in [3.05, 3.63) is 39.9 Å². The molecule has 3 aromatic rings. The summed E-state index contributed by atoms with van der Waals surface area (Å²) in [5.74, 6) is 0.464. The lowest BCUT2D eigenvalue weighted by Crippen LogP contribution is -2.12. The summed E-state index contributed by atoms with van der Waals surface area (Å²) in [5.41, 5.74) is 1.75. The number of hydrogen-bond donors (Lipinski definition) is 1. The molecule has 26 heavy (non-hydrogen) atoms. The molecule has 4 rings (SSSR count). The maximum atomic E-state index is 12.9. The number of thiazole rings is 1. The van der Waals surface area contributed by atoms with Crippen LogP contribution in [0.1, 0.15) is 49.3 Å². The molecular formula is C18H19ClN2O2S3. The summed E-state index contributed by atoms with van der Waals surface area (Å²) in [5, 5.41) is 3.92. The highest BCUT2D eigenvalue weighted by Crippen LogP contribution is 2.38. The Morgan fingerprint density at radius 1 is 1.23 bits per heavy atom. The standard InChI is InChI=1S/C18H19ClN2O2S3/c1-11-14-9-13(19)7-8-16(14)25-17(11)26(22,23)21-18-20-15(10-24-18)12-5-3-2-4-6-12/h7-10,12H,2-6H2,1H3,(H,20,21). The largest absolute Gasteiger partial charge is 0.273 e. The molecule has 4 nitrogen and oxygen atoms in total. The number of rotatable bonds is 4. The van der Waals surface area contributed by atoms with E-state index in [4.69, 9.17) is 11.6 Å². The van der Waals surface area contributed by atoms with E-state index >= 15 is 0 Å². The quantitative estimate of drug-likeness (QED) is 0.542. The summed E-state index contributed by atoms with van der Waals surface area (Å²) >= 11 is 8.68. The number of anilines is 1. The van der Waals surface area contributed by atoms with Gasteiger partial charge in [0, 0.05) is 21.0 Å². The predicted molar refractivity (Wildman–Crippen MR) is 110 cm³/mol. The van der Waals surface area contributed by atoms with Crippen molar-refractivity contribution < 1.29 is 8.42 Å². The van der Waals surface area contributed by atoms with Crippen molar-refractivity contribution in [1.82, 2.24) is 4.98 Å². The van der Waals surface area contributed by atoms with E-state index in [1.54, 1.807) is 6.07 Å². The van der Waals surface area contributed by atoms with E-state index in [-0.39, 0.29) is 0 Å². The van der Waals surface area contributed by atoms with Crippen LogP contribution in [0.25, 0.3) is 10.1 Å². The van der Waals surface area contributed by atoms with Crippen molar-refractivity contribution in [3.63, 3.8) is 0 Å². The molecule has 0 atom stereocenters.